The number of imide groups is 1. The molecule has 1 heterocycles. The number of carbonyl (C=O) groups is 3. The molecule has 1 saturated heterocycles. The summed E-state index contributed by atoms with van der Waals surface area (Å²) in [7, 11) is 1.47. The van der Waals surface area contributed by atoms with Gasteiger partial charge in [-0.2, -0.15) is 0 Å². The molecule has 3 aromatic carbocycles. The van der Waals surface area contributed by atoms with Gasteiger partial charge in [0.25, 0.3) is 11.1 Å². The number of rotatable bonds is 8. The van der Waals surface area contributed by atoms with Gasteiger partial charge >= 0.3 is 0 Å². The molecule has 3 aromatic rings. The van der Waals surface area contributed by atoms with Crippen LogP contribution in [0.3, 0.4) is 0 Å². The van der Waals surface area contributed by atoms with E-state index >= 15 is 0 Å². The molecule has 190 valence electrons. The minimum Gasteiger partial charge on any atom is -0.493 e. The molecular weight excluding hydrogens is 563 g/mol. The van der Waals surface area contributed by atoms with Crippen molar-refractivity contribution >= 4 is 56.5 Å². The summed E-state index contributed by atoms with van der Waals surface area (Å²) in [5, 5.41) is 2.17. The Balaban J connectivity index is 1.47. The summed E-state index contributed by atoms with van der Waals surface area (Å²) in [5.41, 5.74) is 2.79. The number of methoxy groups -OCH3 is 1. The third kappa shape index (κ3) is 6.58. The fourth-order valence-electron chi connectivity index (χ4n) is 3.57. The largest absolute Gasteiger partial charge is 0.493 e. The smallest absolute Gasteiger partial charge is 0.294 e. The second-order valence-corrected chi connectivity index (χ2v) is 9.98. The summed E-state index contributed by atoms with van der Waals surface area (Å²) in [4.78, 5) is 38.9. The van der Waals surface area contributed by atoms with Crippen molar-refractivity contribution in [1.29, 1.82) is 0 Å². The predicted molar refractivity (Wildman–Crippen MR) is 144 cm³/mol. The molecule has 1 aliphatic rings. The number of hydrogen-bond acceptors (Lipinski definition) is 6. The monoisotopic (exact) mass is 584 g/mol. The van der Waals surface area contributed by atoms with Gasteiger partial charge in [0.2, 0.25) is 5.91 Å². The summed E-state index contributed by atoms with van der Waals surface area (Å²) in [6.07, 6.45) is 1.55. The number of amides is 3. The lowest BCUT2D eigenvalue weighted by Gasteiger charge is -2.13. The van der Waals surface area contributed by atoms with Crippen LogP contribution < -0.4 is 14.8 Å². The highest BCUT2D eigenvalue weighted by Gasteiger charge is 2.36. The Hall–Kier alpha value is -3.63. The number of carbonyl (C=O) groups excluding carboxylic acids is 3. The standard InChI is InChI=1S/C27H22BrFN2O5S/c1-16-5-3-8-20(9-16)30-25(32)14-31-26(33)24(37-27(31)34)12-18-11-22(35-2)23(13-21(18)28)36-15-17-6-4-7-19(29)10-17/h3-13H,14-15H2,1-2H3,(H,30,32)/b24-12-. The third-order valence-corrected chi connectivity index (χ3v) is 6.92. The molecule has 3 amide bonds. The van der Waals surface area contributed by atoms with Crippen LogP contribution in [0.15, 0.2) is 70.0 Å². The van der Waals surface area contributed by atoms with Gasteiger partial charge in [0.1, 0.15) is 19.0 Å². The fourth-order valence-corrected chi connectivity index (χ4v) is 4.83. The Kier molecular flexibility index (Phi) is 8.30. The lowest BCUT2D eigenvalue weighted by Crippen LogP contribution is -2.36. The Bertz CT molecular complexity index is 1410. The van der Waals surface area contributed by atoms with Crippen LogP contribution in [0, 0.1) is 12.7 Å². The van der Waals surface area contributed by atoms with Crippen molar-refractivity contribution in [2.24, 2.45) is 0 Å². The van der Waals surface area contributed by atoms with Crippen LogP contribution >= 0.6 is 27.7 Å². The van der Waals surface area contributed by atoms with E-state index < -0.39 is 23.6 Å². The molecule has 37 heavy (non-hydrogen) atoms. The van der Waals surface area contributed by atoms with Gasteiger partial charge < -0.3 is 14.8 Å². The highest BCUT2D eigenvalue weighted by atomic mass is 79.9. The molecule has 4 rings (SSSR count). The Morgan fingerprint density at radius 3 is 2.62 bits per heavy atom. The third-order valence-electron chi connectivity index (χ3n) is 5.33. The first-order valence-corrected chi connectivity index (χ1v) is 12.7. The zero-order chi connectivity index (χ0) is 26.5. The van der Waals surface area contributed by atoms with Crippen LogP contribution in [-0.2, 0) is 16.2 Å². The summed E-state index contributed by atoms with van der Waals surface area (Å²) in [6.45, 7) is 1.63. The number of benzene rings is 3. The molecule has 0 unspecified atom stereocenters. The van der Waals surface area contributed by atoms with Crippen LogP contribution in [0.5, 0.6) is 11.5 Å². The maximum Gasteiger partial charge on any atom is 0.294 e. The molecule has 1 fully saturated rings. The van der Waals surface area contributed by atoms with E-state index in [0.717, 1.165) is 22.2 Å². The lowest BCUT2D eigenvalue weighted by molar-refractivity contribution is -0.127. The molecule has 1 N–H and O–H groups in total. The minimum atomic E-state index is -0.563. The molecule has 1 aliphatic heterocycles. The summed E-state index contributed by atoms with van der Waals surface area (Å²) in [5.74, 6) is -0.589. The predicted octanol–water partition coefficient (Wildman–Crippen LogP) is 6.16. The lowest BCUT2D eigenvalue weighted by atomic mass is 10.1. The van der Waals surface area contributed by atoms with E-state index in [2.05, 4.69) is 21.2 Å². The van der Waals surface area contributed by atoms with Crippen molar-refractivity contribution in [3.05, 3.63) is 92.5 Å². The number of thioether (sulfide) groups is 1. The van der Waals surface area contributed by atoms with Gasteiger partial charge in [-0.15, -0.1) is 0 Å². The van der Waals surface area contributed by atoms with E-state index in [4.69, 9.17) is 9.47 Å². The van der Waals surface area contributed by atoms with E-state index in [1.165, 1.54) is 19.2 Å². The first-order chi connectivity index (χ1) is 17.7. The van der Waals surface area contributed by atoms with Gasteiger partial charge in [-0.3, -0.25) is 19.3 Å². The molecule has 0 radical (unpaired) electrons. The van der Waals surface area contributed by atoms with E-state index in [1.807, 2.05) is 13.0 Å². The van der Waals surface area contributed by atoms with Crippen molar-refractivity contribution in [2.45, 2.75) is 13.5 Å². The number of ether oxygens (including phenoxy) is 2. The van der Waals surface area contributed by atoms with Gasteiger partial charge in [0.15, 0.2) is 11.5 Å². The van der Waals surface area contributed by atoms with Crippen molar-refractivity contribution < 1.29 is 28.2 Å². The number of aryl methyl sites for hydroxylation is 1. The Morgan fingerprint density at radius 1 is 1.11 bits per heavy atom. The molecule has 0 bridgehead atoms. The van der Waals surface area contributed by atoms with E-state index in [-0.39, 0.29) is 17.3 Å². The van der Waals surface area contributed by atoms with Crippen LogP contribution in [0.2, 0.25) is 0 Å². The number of nitrogens with one attached hydrogen (secondary N) is 1. The molecule has 0 atom stereocenters. The SMILES string of the molecule is COc1cc(/C=C2\SC(=O)N(CC(=O)Nc3cccc(C)c3)C2=O)c(Br)cc1OCc1cccc(F)c1. The highest BCUT2D eigenvalue weighted by Crippen LogP contribution is 2.38. The summed E-state index contributed by atoms with van der Waals surface area (Å²) < 4.78 is 25.3. The maximum atomic E-state index is 13.4. The zero-order valence-corrected chi connectivity index (χ0v) is 22.3. The molecule has 0 saturated carbocycles. The van der Waals surface area contributed by atoms with E-state index in [0.29, 0.717) is 32.8 Å². The molecular formula is C27H22BrFN2O5S. The number of halogens is 2. The first-order valence-electron chi connectivity index (χ1n) is 11.1. The Labute approximate surface area is 225 Å². The van der Waals surface area contributed by atoms with Gasteiger partial charge in [-0.05, 0) is 77.9 Å². The summed E-state index contributed by atoms with van der Waals surface area (Å²) in [6, 6.07) is 16.6. The zero-order valence-electron chi connectivity index (χ0n) is 19.9. The van der Waals surface area contributed by atoms with Gasteiger partial charge in [0, 0.05) is 10.2 Å². The van der Waals surface area contributed by atoms with Crippen LogP contribution in [0.1, 0.15) is 16.7 Å². The molecule has 0 spiro atoms. The van der Waals surface area contributed by atoms with Crippen molar-refractivity contribution in [3.8, 4) is 11.5 Å². The quantitative estimate of drug-likeness (QED) is 0.319. The average molecular weight is 585 g/mol. The van der Waals surface area contributed by atoms with Crippen molar-refractivity contribution in [1.82, 2.24) is 4.90 Å². The van der Waals surface area contributed by atoms with Crippen molar-refractivity contribution in [3.63, 3.8) is 0 Å². The van der Waals surface area contributed by atoms with Gasteiger partial charge in [-0.1, -0.05) is 40.2 Å². The van der Waals surface area contributed by atoms with Crippen LogP contribution in [0.25, 0.3) is 6.08 Å². The van der Waals surface area contributed by atoms with E-state index in [9.17, 15) is 18.8 Å². The molecule has 7 nitrogen and oxygen atoms in total. The maximum absolute atomic E-state index is 13.4. The van der Waals surface area contributed by atoms with Gasteiger partial charge in [-0.25, -0.2) is 4.39 Å². The average Bonchev–Trinajstić information content (AvgIpc) is 3.11. The normalized spacial score (nSPS) is 14.3. The molecule has 0 aliphatic carbocycles. The summed E-state index contributed by atoms with van der Waals surface area (Å²) >= 11 is 4.22. The molecule has 0 aromatic heterocycles. The van der Waals surface area contributed by atoms with Crippen LogP contribution in [0.4, 0.5) is 14.9 Å². The highest BCUT2D eigenvalue weighted by molar-refractivity contribution is 9.10. The number of hydrogen-bond donors (Lipinski definition) is 1. The minimum absolute atomic E-state index is 0.128. The second-order valence-electron chi connectivity index (χ2n) is 8.13. The molecule has 10 heteroatoms. The number of nitrogens with zero attached hydrogens (tertiary/aromatic N) is 1. The van der Waals surface area contributed by atoms with E-state index in [1.54, 1.807) is 48.5 Å². The topological polar surface area (TPSA) is 84.9 Å². The fraction of sp³-hybridized carbons (Fsp3) is 0.148. The van der Waals surface area contributed by atoms with Crippen molar-refractivity contribution in [2.75, 3.05) is 19.0 Å². The van der Waals surface area contributed by atoms with Gasteiger partial charge in [0.05, 0.1) is 12.0 Å². The first kappa shape index (κ1) is 26.4. The second kappa shape index (κ2) is 11.6. The number of anilines is 1. The van der Waals surface area contributed by atoms with Crippen LogP contribution in [-0.4, -0.2) is 35.6 Å². The Morgan fingerprint density at radius 2 is 1.89 bits per heavy atom.